The van der Waals surface area contributed by atoms with Gasteiger partial charge in [0.15, 0.2) is 0 Å². The molecule has 0 aliphatic heterocycles. The van der Waals surface area contributed by atoms with E-state index in [2.05, 4.69) is 30.8 Å². The van der Waals surface area contributed by atoms with Crippen molar-refractivity contribution >= 4 is 0 Å². The van der Waals surface area contributed by atoms with Gasteiger partial charge in [-0.2, -0.15) is 0 Å². The summed E-state index contributed by atoms with van der Waals surface area (Å²) in [6.45, 7) is 9.00. The quantitative estimate of drug-likeness (QED) is 0.706. The maximum absolute atomic E-state index is 5.59. The Hall–Kier alpha value is -2.22. The predicted molar refractivity (Wildman–Crippen MR) is 83.4 cm³/mol. The first-order chi connectivity index (χ1) is 9.69. The van der Waals surface area contributed by atoms with Crippen molar-refractivity contribution in [1.29, 1.82) is 0 Å². The highest BCUT2D eigenvalue weighted by Crippen LogP contribution is 2.24. The molecule has 2 rings (SSSR count). The van der Waals surface area contributed by atoms with Crippen LogP contribution in [0.5, 0.6) is 11.5 Å². The topological polar surface area (TPSA) is 18.5 Å². The Balaban J connectivity index is 2.07. The molecule has 0 atom stereocenters. The number of ether oxygens (including phenoxy) is 2. The molecule has 0 saturated heterocycles. The third-order valence-corrected chi connectivity index (χ3v) is 2.84. The zero-order valence-corrected chi connectivity index (χ0v) is 12.1. The number of rotatable bonds is 6. The van der Waals surface area contributed by atoms with Crippen LogP contribution in [0.2, 0.25) is 0 Å². The van der Waals surface area contributed by atoms with E-state index < -0.39 is 0 Å². The molecule has 0 fully saturated rings. The van der Waals surface area contributed by atoms with Gasteiger partial charge in [0.2, 0.25) is 0 Å². The van der Waals surface area contributed by atoms with Crippen LogP contribution in [-0.2, 0) is 0 Å². The molecule has 2 heteroatoms. The molecule has 0 N–H and O–H groups in total. The largest absolute Gasteiger partial charge is 0.494 e. The van der Waals surface area contributed by atoms with Crippen LogP contribution in [0.25, 0.3) is 11.1 Å². The maximum Gasteiger partial charge on any atom is 0.119 e. The second-order valence-electron chi connectivity index (χ2n) is 4.73. The van der Waals surface area contributed by atoms with Gasteiger partial charge in [-0.1, -0.05) is 30.8 Å². The van der Waals surface area contributed by atoms with E-state index >= 15 is 0 Å². The average molecular weight is 268 g/mol. The van der Waals surface area contributed by atoms with Crippen LogP contribution >= 0.6 is 0 Å². The Morgan fingerprint density at radius 1 is 0.850 bits per heavy atom. The summed E-state index contributed by atoms with van der Waals surface area (Å²) in [5, 5.41) is 0. The van der Waals surface area contributed by atoms with E-state index in [9.17, 15) is 0 Å². The summed E-state index contributed by atoms with van der Waals surface area (Å²) in [4.78, 5) is 0. The molecule has 0 amide bonds. The third-order valence-electron chi connectivity index (χ3n) is 2.84. The third kappa shape index (κ3) is 3.89. The van der Waals surface area contributed by atoms with Crippen molar-refractivity contribution in [3.05, 3.63) is 60.7 Å². The van der Waals surface area contributed by atoms with Crippen LogP contribution in [0.3, 0.4) is 0 Å². The monoisotopic (exact) mass is 268 g/mol. The van der Waals surface area contributed by atoms with Gasteiger partial charge in [0.1, 0.15) is 18.1 Å². The summed E-state index contributed by atoms with van der Waals surface area (Å²) >= 11 is 0. The van der Waals surface area contributed by atoms with E-state index in [0.717, 1.165) is 22.6 Å². The highest BCUT2D eigenvalue weighted by atomic mass is 16.5. The fourth-order valence-corrected chi connectivity index (χ4v) is 1.86. The van der Waals surface area contributed by atoms with Crippen molar-refractivity contribution in [2.75, 3.05) is 13.2 Å². The van der Waals surface area contributed by atoms with Gasteiger partial charge in [0.25, 0.3) is 0 Å². The Morgan fingerprint density at radius 3 is 1.70 bits per heavy atom. The standard InChI is InChI=1S/C18H20O2/c1-4-19-17-9-5-15(6-10-17)16-7-11-18(12-8-16)20-13-14(2)3/h5-12H,2,4,13H2,1,3H3. The lowest BCUT2D eigenvalue weighted by molar-refractivity contribution is 0.340. The summed E-state index contributed by atoms with van der Waals surface area (Å²) < 4.78 is 11.0. The zero-order chi connectivity index (χ0) is 14.4. The molecule has 0 aliphatic carbocycles. The van der Waals surface area contributed by atoms with Crippen molar-refractivity contribution in [2.45, 2.75) is 13.8 Å². The van der Waals surface area contributed by atoms with E-state index in [4.69, 9.17) is 9.47 Å². The lowest BCUT2D eigenvalue weighted by Gasteiger charge is -2.08. The summed E-state index contributed by atoms with van der Waals surface area (Å²) in [6.07, 6.45) is 0. The van der Waals surface area contributed by atoms with E-state index in [0.29, 0.717) is 13.2 Å². The SMILES string of the molecule is C=C(C)COc1ccc(-c2ccc(OCC)cc2)cc1. The second-order valence-corrected chi connectivity index (χ2v) is 4.73. The zero-order valence-electron chi connectivity index (χ0n) is 12.1. The smallest absolute Gasteiger partial charge is 0.119 e. The molecule has 0 aromatic heterocycles. The summed E-state index contributed by atoms with van der Waals surface area (Å²) in [6, 6.07) is 16.2. The van der Waals surface area contributed by atoms with Gasteiger partial charge in [-0.05, 0) is 54.8 Å². The van der Waals surface area contributed by atoms with Crippen LogP contribution in [-0.4, -0.2) is 13.2 Å². The van der Waals surface area contributed by atoms with Crippen LogP contribution in [0.4, 0.5) is 0 Å². The minimum absolute atomic E-state index is 0.558. The fraction of sp³-hybridized carbons (Fsp3) is 0.222. The van der Waals surface area contributed by atoms with Crippen LogP contribution in [0.1, 0.15) is 13.8 Å². The van der Waals surface area contributed by atoms with Gasteiger partial charge in [0, 0.05) is 0 Å². The van der Waals surface area contributed by atoms with Gasteiger partial charge in [-0.25, -0.2) is 0 Å². The summed E-state index contributed by atoms with van der Waals surface area (Å²) in [5.41, 5.74) is 3.34. The van der Waals surface area contributed by atoms with Crippen molar-refractivity contribution in [3.63, 3.8) is 0 Å². The molecule has 0 aliphatic rings. The molecular weight excluding hydrogens is 248 g/mol. The fourth-order valence-electron chi connectivity index (χ4n) is 1.86. The number of benzene rings is 2. The van der Waals surface area contributed by atoms with Gasteiger partial charge < -0.3 is 9.47 Å². The highest BCUT2D eigenvalue weighted by molar-refractivity contribution is 5.64. The first kappa shape index (κ1) is 14.2. The maximum atomic E-state index is 5.59. The van der Waals surface area contributed by atoms with E-state index in [-0.39, 0.29) is 0 Å². The molecule has 0 radical (unpaired) electrons. The summed E-state index contributed by atoms with van der Waals surface area (Å²) in [5.74, 6) is 1.76. The Morgan fingerprint density at radius 2 is 1.30 bits per heavy atom. The minimum atomic E-state index is 0.558. The lowest BCUT2D eigenvalue weighted by Crippen LogP contribution is -1.97. The molecule has 2 aromatic carbocycles. The van der Waals surface area contributed by atoms with E-state index in [1.807, 2.05) is 38.1 Å². The van der Waals surface area contributed by atoms with Gasteiger partial charge in [-0.3, -0.25) is 0 Å². The molecule has 104 valence electrons. The summed E-state index contributed by atoms with van der Waals surface area (Å²) in [7, 11) is 0. The Labute approximate surface area is 120 Å². The molecule has 0 spiro atoms. The first-order valence-electron chi connectivity index (χ1n) is 6.79. The Bertz CT molecular complexity index is 553. The molecule has 0 saturated carbocycles. The normalized spacial score (nSPS) is 10.1. The molecule has 2 aromatic rings. The van der Waals surface area contributed by atoms with Gasteiger partial charge in [0.05, 0.1) is 6.61 Å². The van der Waals surface area contributed by atoms with Crippen molar-refractivity contribution in [2.24, 2.45) is 0 Å². The molecular formula is C18H20O2. The van der Waals surface area contributed by atoms with E-state index in [1.165, 1.54) is 5.56 Å². The van der Waals surface area contributed by atoms with Crippen LogP contribution in [0.15, 0.2) is 60.7 Å². The lowest BCUT2D eigenvalue weighted by atomic mass is 10.1. The highest BCUT2D eigenvalue weighted by Gasteiger charge is 2.00. The Kier molecular flexibility index (Phi) is 4.83. The van der Waals surface area contributed by atoms with Crippen molar-refractivity contribution in [1.82, 2.24) is 0 Å². The molecule has 0 heterocycles. The average Bonchev–Trinajstić information content (AvgIpc) is 2.47. The predicted octanol–water partition coefficient (Wildman–Crippen LogP) is 4.71. The van der Waals surface area contributed by atoms with Crippen LogP contribution < -0.4 is 9.47 Å². The van der Waals surface area contributed by atoms with Crippen LogP contribution in [0, 0.1) is 0 Å². The number of hydrogen-bond donors (Lipinski definition) is 0. The molecule has 0 bridgehead atoms. The van der Waals surface area contributed by atoms with E-state index in [1.54, 1.807) is 0 Å². The molecule has 2 nitrogen and oxygen atoms in total. The molecule has 20 heavy (non-hydrogen) atoms. The van der Waals surface area contributed by atoms with Gasteiger partial charge in [-0.15, -0.1) is 0 Å². The number of hydrogen-bond acceptors (Lipinski definition) is 2. The minimum Gasteiger partial charge on any atom is -0.494 e. The molecule has 0 unspecified atom stereocenters. The van der Waals surface area contributed by atoms with Gasteiger partial charge >= 0.3 is 0 Å². The van der Waals surface area contributed by atoms with Crippen molar-refractivity contribution < 1.29 is 9.47 Å². The first-order valence-corrected chi connectivity index (χ1v) is 6.79. The second kappa shape index (κ2) is 6.80. The van der Waals surface area contributed by atoms with Crippen molar-refractivity contribution in [3.8, 4) is 22.6 Å².